The molecular weight excluding hydrogens is 459 g/mol. The summed E-state index contributed by atoms with van der Waals surface area (Å²) in [6, 6.07) is 13.7. The van der Waals surface area contributed by atoms with Crippen LogP contribution in [0.15, 0.2) is 54.6 Å². The topological polar surface area (TPSA) is 70.6 Å². The summed E-state index contributed by atoms with van der Waals surface area (Å²) < 4.78 is 44.0. The van der Waals surface area contributed by atoms with Crippen LogP contribution in [0.4, 0.5) is 29.5 Å². The molecule has 7 nitrogen and oxygen atoms in total. The van der Waals surface area contributed by atoms with Crippen LogP contribution in [0.25, 0.3) is 11.4 Å². The molecule has 1 aromatic heterocycles. The third kappa shape index (κ3) is 6.00. The van der Waals surface area contributed by atoms with E-state index in [0.717, 1.165) is 17.9 Å². The lowest BCUT2D eigenvalue weighted by Crippen LogP contribution is -2.50. The molecular formula is C25H26F3N5O2. The molecule has 0 atom stereocenters. The molecule has 0 bridgehead atoms. The number of aromatic nitrogens is 2. The van der Waals surface area contributed by atoms with E-state index in [4.69, 9.17) is 4.74 Å². The van der Waals surface area contributed by atoms with Gasteiger partial charge in [-0.2, -0.15) is 13.2 Å². The minimum atomic E-state index is -4.39. The fraction of sp³-hybridized carbons (Fsp3) is 0.320. The van der Waals surface area contributed by atoms with E-state index in [1.165, 1.54) is 12.1 Å². The van der Waals surface area contributed by atoms with Crippen LogP contribution in [-0.4, -0.2) is 53.7 Å². The summed E-state index contributed by atoms with van der Waals surface area (Å²) in [6.07, 6.45) is -4.39. The molecule has 0 aliphatic carbocycles. The minimum Gasteiger partial charge on any atom is -0.494 e. The van der Waals surface area contributed by atoms with E-state index >= 15 is 0 Å². The first-order valence-corrected chi connectivity index (χ1v) is 11.3. The Kier molecular flexibility index (Phi) is 7.09. The van der Waals surface area contributed by atoms with Crippen molar-refractivity contribution in [2.75, 3.05) is 43.0 Å². The molecule has 0 radical (unpaired) electrons. The molecule has 2 aromatic carbocycles. The first-order valence-electron chi connectivity index (χ1n) is 11.3. The third-order valence-corrected chi connectivity index (χ3v) is 5.62. The molecule has 1 fully saturated rings. The smallest absolute Gasteiger partial charge is 0.416 e. The van der Waals surface area contributed by atoms with Gasteiger partial charge in [-0.3, -0.25) is 0 Å². The first-order chi connectivity index (χ1) is 16.7. The largest absolute Gasteiger partial charge is 0.494 e. The number of nitrogens with one attached hydrogen (secondary N) is 1. The zero-order chi connectivity index (χ0) is 25.0. The molecule has 35 heavy (non-hydrogen) atoms. The fourth-order valence-corrected chi connectivity index (χ4v) is 3.79. The molecule has 1 saturated heterocycles. The predicted molar refractivity (Wildman–Crippen MR) is 128 cm³/mol. The van der Waals surface area contributed by atoms with Crippen LogP contribution in [0, 0.1) is 6.92 Å². The molecule has 2 heterocycles. The Balaban J connectivity index is 1.39. The lowest BCUT2D eigenvalue weighted by molar-refractivity contribution is -0.137. The summed E-state index contributed by atoms with van der Waals surface area (Å²) in [5.41, 5.74) is 1.19. The molecule has 2 amide bonds. The number of hydrogen-bond acceptors (Lipinski definition) is 5. The Morgan fingerprint density at radius 3 is 2.26 bits per heavy atom. The number of aryl methyl sites for hydroxylation is 1. The number of anilines is 2. The van der Waals surface area contributed by atoms with E-state index in [1.54, 1.807) is 17.0 Å². The maximum Gasteiger partial charge on any atom is 0.416 e. The van der Waals surface area contributed by atoms with Gasteiger partial charge in [-0.05, 0) is 50.2 Å². The number of halogens is 3. The molecule has 10 heteroatoms. The Morgan fingerprint density at radius 2 is 1.66 bits per heavy atom. The summed E-state index contributed by atoms with van der Waals surface area (Å²) in [6.45, 7) is 6.45. The number of piperazine rings is 1. The molecule has 1 N–H and O–H groups in total. The van der Waals surface area contributed by atoms with E-state index in [2.05, 4.69) is 15.3 Å². The monoisotopic (exact) mass is 485 g/mol. The van der Waals surface area contributed by atoms with Gasteiger partial charge in [-0.25, -0.2) is 14.8 Å². The summed E-state index contributed by atoms with van der Waals surface area (Å²) in [4.78, 5) is 25.4. The number of benzene rings is 2. The van der Waals surface area contributed by atoms with Crippen molar-refractivity contribution in [2.45, 2.75) is 20.0 Å². The van der Waals surface area contributed by atoms with Crippen molar-refractivity contribution in [3.8, 4) is 17.1 Å². The van der Waals surface area contributed by atoms with Crippen LogP contribution in [0.5, 0.6) is 5.75 Å². The van der Waals surface area contributed by atoms with Gasteiger partial charge in [-0.1, -0.05) is 12.1 Å². The van der Waals surface area contributed by atoms with Gasteiger partial charge in [0.15, 0.2) is 5.82 Å². The van der Waals surface area contributed by atoms with Crippen molar-refractivity contribution < 1.29 is 22.7 Å². The number of carbonyl (C=O) groups excluding carboxylic acids is 1. The first kappa shape index (κ1) is 24.3. The SMILES string of the molecule is CCOc1ccc(NC(=O)N2CCN(c3cc(C)nc(-c4ccc(C(F)(F)F)cc4)n3)CC2)cc1. The van der Waals surface area contributed by atoms with Crippen LogP contribution >= 0.6 is 0 Å². The van der Waals surface area contributed by atoms with Crippen molar-refractivity contribution in [1.29, 1.82) is 0 Å². The average molecular weight is 486 g/mol. The molecule has 184 valence electrons. The number of ether oxygens (including phenoxy) is 1. The molecule has 0 saturated carbocycles. The van der Waals surface area contributed by atoms with Gasteiger partial charge >= 0.3 is 12.2 Å². The van der Waals surface area contributed by atoms with Crippen LogP contribution in [0.1, 0.15) is 18.2 Å². The van der Waals surface area contributed by atoms with Crippen LogP contribution in [-0.2, 0) is 6.18 Å². The van der Waals surface area contributed by atoms with Gasteiger partial charge in [-0.15, -0.1) is 0 Å². The zero-order valence-corrected chi connectivity index (χ0v) is 19.5. The average Bonchev–Trinajstić information content (AvgIpc) is 2.85. The normalized spacial score (nSPS) is 14.1. The van der Waals surface area contributed by atoms with Gasteiger partial charge in [0, 0.05) is 49.2 Å². The van der Waals surface area contributed by atoms with Crippen molar-refractivity contribution in [1.82, 2.24) is 14.9 Å². The molecule has 0 unspecified atom stereocenters. The van der Waals surface area contributed by atoms with E-state index in [0.29, 0.717) is 61.4 Å². The van der Waals surface area contributed by atoms with E-state index in [-0.39, 0.29) is 6.03 Å². The predicted octanol–water partition coefficient (Wildman–Crippen LogP) is 5.22. The standard InChI is InChI=1S/C25H26F3N5O2/c1-3-35-21-10-8-20(9-11-21)30-24(34)33-14-12-32(13-15-33)22-16-17(2)29-23(31-22)18-4-6-19(7-5-18)25(26,27)28/h4-11,16H,3,12-15H2,1-2H3,(H,30,34). The highest BCUT2D eigenvalue weighted by Crippen LogP contribution is 2.31. The third-order valence-electron chi connectivity index (χ3n) is 5.62. The number of urea groups is 1. The van der Waals surface area contributed by atoms with Gasteiger partial charge < -0.3 is 19.9 Å². The fourth-order valence-electron chi connectivity index (χ4n) is 3.79. The van der Waals surface area contributed by atoms with Crippen LogP contribution in [0.3, 0.4) is 0 Å². The lowest BCUT2D eigenvalue weighted by Gasteiger charge is -2.35. The Bertz CT molecular complexity index is 1160. The highest BCUT2D eigenvalue weighted by molar-refractivity contribution is 5.89. The Hall–Kier alpha value is -3.82. The van der Waals surface area contributed by atoms with E-state index < -0.39 is 11.7 Å². The number of carbonyl (C=O) groups is 1. The Morgan fingerprint density at radius 1 is 1.00 bits per heavy atom. The summed E-state index contributed by atoms with van der Waals surface area (Å²) in [7, 11) is 0. The summed E-state index contributed by atoms with van der Waals surface area (Å²) >= 11 is 0. The van der Waals surface area contributed by atoms with Gasteiger partial charge in [0.1, 0.15) is 11.6 Å². The molecule has 3 aromatic rings. The maximum absolute atomic E-state index is 12.9. The highest BCUT2D eigenvalue weighted by atomic mass is 19.4. The number of hydrogen-bond donors (Lipinski definition) is 1. The van der Waals surface area contributed by atoms with Crippen LogP contribution in [0.2, 0.25) is 0 Å². The zero-order valence-electron chi connectivity index (χ0n) is 19.5. The maximum atomic E-state index is 12.9. The second-order valence-corrected chi connectivity index (χ2v) is 8.13. The number of amides is 2. The second-order valence-electron chi connectivity index (χ2n) is 8.13. The second kappa shape index (κ2) is 10.2. The minimum absolute atomic E-state index is 0.182. The lowest BCUT2D eigenvalue weighted by atomic mass is 10.1. The van der Waals surface area contributed by atoms with Gasteiger partial charge in [0.2, 0.25) is 0 Å². The molecule has 0 spiro atoms. The summed E-state index contributed by atoms with van der Waals surface area (Å²) in [5.74, 6) is 1.79. The molecule has 4 rings (SSSR count). The molecule has 1 aliphatic heterocycles. The quantitative estimate of drug-likeness (QED) is 0.536. The van der Waals surface area contributed by atoms with Crippen molar-refractivity contribution >= 4 is 17.5 Å². The van der Waals surface area contributed by atoms with Gasteiger partial charge in [0.25, 0.3) is 0 Å². The van der Waals surface area contributed by atoms with Gasteiger partial charge in [0.05, 0.1) is 12.2 Å². The number of nitrogens with zero attached hydrogens (tertiary/aromatic N) is 4. The summed E-state index contributed by atoms with van der Waals surface area (Å²) in [5, 5.41) is 2.90. The van der Waals surface area contributed by atoms with E-state index in [1.807, 2.05) is 36.9 Å². The van der Waals surface area contributed by atoms with Crippen LogP contribution < -0.4 is 15.0 Å². The van der Waals surface area contributed by atoms with Crippen molar-refractivity contribution in [2.24, 2.45) is 0 Å². The number of alkyl halides is 3. The van der Waals surface area contributed by atoms with E-state index in [9.17, 15) is 18.0 Å². The number of rotatable bonds is 5. The van der Waals surface area contributed by atoms with Crippen molar-refractivity contribution in [3.63, 3.8) is 0 Å². The van der Waals surface area contributed by atoms with Crippen molar-refractivity contribution in [3.05, 3.63) is 65.9 Å². The Labute approximate surface area is 201 Å². The molecule has 1 aliphatic rings. The highest BCUT2D eigenvalue weighted by Gasteiger charge is 2.30.